The molecule has 122 valence electrons. The number of amides is 1. The van der Waals surface area contributed by atoms with Gasteiger partial charge < -0.3 is 15.2 Å². The highest BCUT2D eigenvalue weighted by atomic mass is 35.5. The Labute approximate surface area is 135 Å². The third-order valence-corrected chi connectivity index (χ3v) is 3.41. The minimum atomic E-state index is -1.04. The van der Waals surface area contributed by atoms with Gasteiger partial charge in [0.25, 0.3) is 0 Å². The number of para-hydroxylation sites is 1. The molecule has 0 aromatic heterocycles. The lowest BCUT2D eigenvalue weighted by molar-refractivity contribution is -0.138. The van der Waals surface area contributed by atoms with E-state index in [1.807, 2.05) is 24.3 Å². The molecule has 0 unspecified atom stereocenters. The topological polar surface area (TPSA) is 78.9 Å². The standard InChI is InChI=1S/C15H20N2O4.ClH/c1-21-13-5-3-2-4-11(13)9-17(12-6-7-12)10-14(18)16-8-15(19)20;/h2-5,12H,6-10H2,1H3,(H,16,18)(H,19,20);1H. The number of hydrogen-bond acceptors (Lipinski definition) is 4. The van der Waals surface area contributed by atoms with E-state index in [0.29, 0.717) is 12.6 Å². The van der Waals surface area contributed by atoms with E-state index >= 15 is 0 Å². The molecule has 0 spiro atoms. The maximum Gasteiger partial charge on any atom is 0.322 e. The number of aliphatic carboxylic acids is 1. The molecule has 2 rings (SSSR count). The summed E-state index contributed by atoms with van der Waals surface area (Å²) in [7, 11) is 1.62. The van der Waals surface area contributed by atoms with Crippen molar-refractivity contribution in [2.75, 3.05) is 20.2 Å². The van der Waals surface area contributed by atoms with Crippen molar-refractivity contribution >= 4 is 24.3 Å². The first kappa shape index (κ1) is 18.3. The summed E-state index contributed by atoms with van der Waals surface area (Å²) in [5.74, 6) is -0.501. The fourth-order valence-corrected chi connectivity index (χ4v) is 2.22. The van der Waals surface area contributed by atoms with Crippen LogP contribution in [0, 0.1) is 0 Å². The van der Waals surface area contributed by atoms with Gasteiger partial charge in [0.1, 0.15) is 12.3 Å². The lowest BCUT2D eigenvalue weighted by atomic mass is 10.2. The van der Waals surface area contributed by atoms with E-state index in [1.54, 1.807) is 7.11 Å². The lowest BCUT2D eigenvalue weighted by Crippen LogP contribution is -2.40. The molecule has 1 aliphatic rings. The Morgan fingerprint density at radius 2 is 2.05 bits per heavy atom. The summed E-state index contributed by atoms with van der Waals surface area (Å²) in [4.78, 5) is 24.3. The van der Waals surface area contributed by atoms with Crippen LogP contribution < -0.4 is 10.1 Å². The third-order valence-electron chi connectivity index (χ3n) is 3.41. The average Bonchev–Trinajstić information content (AvgIpc) is 3.29. The number of halogens is 1. The van der Waals surface area contributed by atoms with E-state index in [4.69, 9.17) is 9.84 Å². The Bertz CT molecular complexity index is 520. The smallest absolute Gasteiger partial charge is 0.322 e. The van der Waals surface area contributed by atoms with Crippen molar-refractivity contribution in [2.45, 2.75) is 25.4 Å². The number of nitrogens with one attached hydrogen (secondary N) is 1. The van der Waals surface area contributed by atoms with Gasteiger partial charge in [-0.05, 0) is 18.9 Å². The molecule has 0 aliphatic heterocycles. The van der Waals surface area contributed by atoms with Crippen LogP contribution in [0.4, 0.5) is 0 Å². The van der Waals surface area contributed by atoms with Crippen molar-refractivity contribution in [1.29, 1.82) is 0 Å². The molecule has 0 radical (unpaired) electrons. The SMILES string of the molecule is COc1ccccc1CN(CC(=O)NCC(=O)O)C1CC1.Cl. The molecule has 1 fully saturated rings. The third kappa shape index (κ3) is 5.54. The van der Waals surface area contributed by atoms with Crippen LogP contribution in [0.3, 0.4) is 0 Å². The highest BCUT2D eigenvalue weighted by Crippen LogP contribution is 2.29. The van der Waals surface area contributed by atoms with Crippen molar-refractivity contribution in [3.05, 3.63) is 29.8 Å². The Hall–Kier alpha value is -1.79. The van der Waals surface area contributed by atoms with E-state index in [0.717, 1.165) is 24.2 Å². The Kier molecular flexibility index (Phi) is 7.14. The Balaban J connectivity index is 0.00000242. The first-order valence-corrected chi connectivity index (χ1v) is 6.94. The highest BCUT2D eigenvalue weighted by molar-refractivity contribution is 5.85. The molecule has 1 amide bonds. The van der Waals surface area contributed by atoms with Gasteiger partial charge in [-0.15, -0.1) is 12.4 Å². The molecule has 0 atom stereocenters. The van der Waals surface area contributed by atoms with Gasteiger partial charge in [-0.3, -0.25) is 14.5 Å². The highest BCUT2D eigenvalue weighted by Gasteiger charge is 2.30. The van der Waals surface area contributed by atoms with Gasteiger partial charge in [0.15, 0.2) is 0 Å². The number of carboxylic acid groups (broad SMARTS) is 1. The minimum Gasteiger partial charge on any atom is -0.496 e. The molecular formula is C15H21ClN2O4. The largest absolute Gasteiger partial charge is 0.496 e. The molecular weight excluding hydrogens is 308 g/mol. The normalized spacial score (nSPS) is 13.4. The molecule has 1 aliphatic carbocycles. The van der Waals surface area contributed by atoms with Gasteiger partial charge in [-0.2, -0.15) is 0 Å². The van der Waals surface area contributed by atoms with Crippen molar-refractivity contribution in [3.8, 4) is 5.75 Å². The lowest BCUT2D eigenvalue weighted by Gasteiger charge is -2.22. The Morgan fingerprint density at radius 3 is 2.64 bits per heavy atom. The minimum absolute atomic E-state index is 0. The predicted molar refractivity (Wildman–Crippen MR) is 84.3 cm³/mol. The van der Waals surface area contributed by atoms with Crippen LogP contribution >= 0.6 is 12.4 Å². The van der Waals surface area contributed by atoms with Crippen LogP contribution in [0.25, 0.3) is 0 Å². The molecule has 2 N–H and O–H groups in total. The molecule has 7 heteroatoms. The molecule has 0 heterocycles. The fourth-order valence-electron chi connectivity index (χ4n) is 2.22. The van der Waals surface area contributed by atoms with Gasteiger partial charge in [0.2, 0.25) is 5.91 Å². The van der Waals surface area contributed by atoms with Gasteiger partial charge in [0.05, 0.1) is 13.7 Å². The quantitative estimate of drug-likeness (QED) is 0.751. The van der Waals surface area contributed by atoms with Crippen molar-refractivity contribution in [2.24, 2.45) is 0 Å². The monoisotopic (exact) mass is 328 g/mol. The van der Waals surface area contributed by atoms with Gasteiger partial charge in [-0.25, -0.2) is 0 Å². The fraction of sp³-hybridized carbons (Fsp3) is 0.467. The molecule has 1 saturated carbocycles. The van der Waals surface area contributed by atoms with Gasteiger partial charge in [-0.1, -0.05) is 18.2 Å². The van der Waals surface area contributed by atoms with Crippen LogP contribution in [0.5, 0.6) is 5.75 Å². The second-order valence-electron chi connectivity index (χ2n) is 5.12. The number of rotatable bonds is 8. The van der Waals surface area contributed by atoms with Crippen molar-refractivity contribution in [1.82, 2.24) is 10.2 Å². The van der Waals surface area contributed by atoms with Crippen molar-refractivity contribution < 1.29 is 19.4 Å². The molecule has 0 saturated heterocycles. The average molecular weight is 329 g/mol. The molecule has 1 aromatic rings. The molecule has 1 aromatic carbocycles. The van der Waals surface area contributed by atoms with Crippen LogP contribution in [-0.4, -0.2) is 48.1 Å². The van der Waals surface area contributed by atoms with E-state index in [2.05, 4.69) is 10.2 Å². The maximum atomic E-state index is 11.8. The number of carbonyl (C=O) groups excluding carboxylic acids is 1. The van der Waals surface area contributed by atoms with E-state index in [-0.39, 0.29) is 31.4 Å². The Morgan fingerprint density at radius 1 is 1.36 bits per heavy atom. The number of nitrogens with zero attached hydrogens (tertiary/aromatic N) is 1. The summed E-state index contributed by atoms with van der Waals surface area (Å²) in [5.41, 5.74) is 1.03. The summed E-state index contributed by atoms with van der Waals surface area (Å²) in [6, 6.07) is 8.11. The van der Waals surface area contributed by atoms with E-state index in [1.165, 1.54) is 0 Å². The maximum absolute atomic E-state index is 11.8. The number of ether oxygens (including phenoxy) is 1. The number of carboxylic acids is 1. The zero-order valence-electron chi connectivity index (χ0n) is 12.4. The zero-order valence-corrected chi connectivity index (χ0v) is 13.3. The van der Waals surface area contributed by atoms with Crippen molar-refractivity contribution in [3.63, 3.8) is 0 Å². The number of carbonyl (C=O) groups is 2. The van der Waals surface area contributed by atoms with Crippen LogP contribution in [-0.2, 0) is 16.1 Å². The molecule has 0 bridgehead atoms. The number of hydrogen-bond donors (Lipinski definition) is 2. The predicted octanol–water partition coefficient (Wildman–Crippen LogP) is 1.28. The summed E-state index contributed by atoms with van der Waals surface area (Å²) < 4.78 is 5.33. The van der Waals surface area contributed by atoms with E-state index < -0.39 is 5.97 Å². The molecule has 6 nitrogen and oxygen atoms in total. The second-order valence-corrected chi connectivity index (χ2v) is 5.12. The van der Waals surface area contributed by atoms with Crippen LogP contribution in [0.1, 0.15) is 18.4 Å². The summed E-state index contributed by atoms with van der Waals surface area (Å²) in [6.07, 6.45) is 2.14. The van der Waals surface area contributed by atoms with E-state index in [9.17, 15) is 9.59 Å². The van der Waals surface area contributed by atoms with Crippen LogP contribution in [0.15, 0.2) is 24.3 Å². The molecule has 22 heavy (non-hydrogen) atoms. The van der Waals surface area contributed by atoms with Crippen LogP contribution in [0.2, 0.25) is 0 Å². The first-order chi connectivity index (χ1) is 10.1. The second kappa shape index (κ2) is 8.60. The summed E-state index contributed by atoms with van der Waals surface area (Å²) in [6.45, 7) is 0.483. The number of methoxy groups -OCH3 is 1. The van der Waals surface area contributed by atoms with Gasteiger partial charge in [0, 0.05) is 18.2 Å². The summed E-state index contributed by atoms with van der Waals surface area (Å²) >= 11 is 0. The first-order valence-electron chi connectivity index (χ1n) is 6.94. The van der Waals surface area contributed by atoms with Gasteiger partial charge >= 0.3 is 5.97 Å². The number of benzene rings is 1. The summed E-state index contributed by atoms with van der Waals surface area (Å²) in [5, 5.41) is 11.0. The zero-order chi connectivity index (χ0) is 15.2.